The van der Waals surface area contributed by atoms with E-state index >= 15 is 0 Å². The van der Waals surface area contributed by atoms with Gasteiger partial charge in [-0.05, 0) is 63.6 Å². The average Bonchev–Trinajstić information content (AvgIpc) is 2.80. The number of hydrogen-bond donors (Lipinski definition) is 1. The van der Waals surface area contributed by atoms with Crippen molar-refractivity contribution in [2.24, 2.45) is 16.6 Å². The van der Waals surface area contributed by atoms with E-state index < -0.39 is 0 Å². The summed E-state index contributed by atoms with van der Waals surface area (Å²) in [6.45, 7) is 8.18. The van der Waals surface area contributed by atoms with Gasteiger partial charge in [-0.3, -0.25) is 0 Å². The van der Waals surface area contributed by atoms with Crippen LogP contribution in [0.15, 0.2) is 0 Å². The number of hydrogen-bond acceptors (Lipinski definition) is 2. The Hall–Kier alpha value is -0.150. The highest BCUT2D eigenvalue weighted by Gasteiger charge is 2.36. The lowest BCUT2D eigenvalue weighted by molar-refractivity contribution is 0.106. The number of likely N-dealkylation sites (tertiary alicyclic amines) is 1. The van der Waals surface area contributed by atoms with Crippen molar-refractivity contribution < 1.29 is 0 Å². The van der Waals surface area contributed by atoms with Crippen LogP contribution in [0.4, 0.5) is 0 Å². The standard InChI is InChI=1S/C16H30N2S/c1-15(2,14(17)19)6-5-11-18-12-9-16(10-13-18)7-3-4-8-16/h3-13H2,1-2H3,(H2,17,19). The first kappa shape index (κ1) is 15.2. The van der Waals surface area contributed by atoms with E-state index in [0.717, 1.165) is 11.8 Å². The van der Waals surface area contributed by atoms with Gasteiger partial charge in [-0.15, -0.1) is 0 Å². The minimum atomic E-state index is 0.0256. The Morgan fingerprint density at radius 3 is 2.26 bits per heavy atom. The third kappa shape index (κ3) is 3.91. The lowest BCUT2D eigenvalue weighted by atomic mass is 9.77. The Morgan fingerprint density at radius 2 is 1.74 bits per heavy atom. The molecule has 0 amide bonds. The van der Waals surface area contributed by atoms with Gasteiger partial charge in [-0.25, -0.2) is 0 Å². The lowest BCUT2D eigenvalue weighted by Gasteiger charge is -2.39. The van der Waals surface area contributed by atoms with Crippen molar-refractivity contribution in [3.8, 4) is 0 Å². The maximum absolute atomic E-state index is 5.79. The third-order valence-electron chi connectivity index (χ3n) is 5.52. The van der Waals surface area contributed by atoms with Crippen molar-refractivity contribution >= 4 is 17.2 Å². The smallest absolute Gasteiger partial charge is 0.0784 e. The summed E-state index contributed by atoms with van der Waals surface area (Å²) in [4.78, 5) is 3.32. The largest absolute Gasteiger partial charge is 0.393 e. The molecule has 0 aromatic carbocycles. The average molecular weight is 282 g/mol. The zero-order valence-corrected chi connectivity index (χ0v) is 13.5. The van der Waals surface area contributed by atoms with E-state index in [1.807, 2.05) is 0 Å². The van der Waals surface area contributed by atoms with E-state index in [1.54, 1.807) is 0 Å². The van der Waals surface area contributed by atoms with Crippen LogP contribution >= 0.6 is 12.2 Å². The number of nitrogens with zero attached hydrogens (tertiary/aromatic N) is 1. The van der Waals surface area contributed by atoms with E-state index in [0.29, 0.717) is 4.99 Å². The van der Waals surface area contributed by atoms with Crippen molar-refractivity contribution in [1.29, 1.82) is 0 Å². The Morgan fingerprint density at radius 1 is 1.16 bits per heavy atom. The highest BCUT2D eigenvalue weighted by Crippen LogP contribution is 2.46. The van der Waals surface area contributed by atoms with Crippen LogP contribution in [0, 0.1) is 10.8 Å². The van der Waals surface area contributed by atoms with Gasteiger partial charge < -0.3 is 10.6 Å². The molecule has 0 unspecified atom stereocenters. The second kappa shape index (κ2) is 6.09. The molecule has 0 aromatic rings. The summed E-state index contributed by atoms with van der Waals surface area (Å²) in [5.74, 6) is 0. The molecule has 19 heavy (non-hydrogen) atoms. The fraction of sp³-hybridized carbons (Fsp3) is 0.938. The number of piperidine rings is 1. The third-order valence-corrected chi connectivity index (χ3v) is 6.08. The molecule has 1 aliphatic carbocycles. The molecule has 1 aliphatic heterocycles. The maximum Gasteiger partial charge on any atom is 0.0784 e. The topological polar surface area (TPSA) is 29.3 Å². The van der Waals surface area contributed by atoms with Crippen molar-refractivity contribution in [3.05, 3.63) is 0 Å². The summed E-state index contributed by atoms with van der Waals surface area (Å²) in [5.41, 5.74) is 6.56. The summed E-state index contributed by atoms with van der Waals surface area (Å²) < 4.78 is 0. The van der Waals surface area contributed by atoms with Crippen LogP contribution in [0.2, 0.25) is 0 Å². The zero-order valence-electron chi connectivity index (χ0n) is 12.7. The maximum atomic E-state index is 5.79. The van der Waals surface area contributed by atoms with Gasteiger partial charge in [-0.1, -0.05) is 38.9 Å². The Kier molecular flexibility index (Phi) is 4.88. The van der Waals surface area contributed by atoms with E-state index in [-0.39, 0.29) is 5.41 Å². The van der Waals surface area contributed by atoms with Crippen LogP contribution in [0.3, 0.4) is 0 Å². The number of rotatable bonds is 5. The zero-order chi connectivity index (χ0) is 13.9. The summed E-state index contributed by atoms with van der Waals surface area (Å²) in [6.07, 6.45) is 11.1. The van der Waals surface area contributed by atoms with Gasteiger partial charge in [0.15, 0.2) is 0 Å². The SMILES string of the molecule is CC(C)(CCCN1CCC2(CCCC2)CC1)C(N)=S. The van der Waals surface area contributed by atoms with Gasteiger partial charge in [0, 0.05) is 5.41 Å². The van der Waals surface area contributed by atoms with Crippen LogP contribution < -0.4 is 5.73 Å². The second-order valence-corrected chi connectivity index (χ2v) is 7.84. The molecule has 2 aliphatic rings. The van der Waals surface area contributed by atoms with Gasteiger partial charge in [0.2, 0.25) is 0 Å². The summed E-state index contributed by atoms with van der Waals surface area (Å²) >= 11 is 5.13. The van der Waals surface area contributed by atoms with Crippen molar-refractivity contribution in [1.82, 2.24) is 4.90 Å². The molecule has 110 valence electrons. The highest BCUT2D eigenvalue weighted by atomic mass is 32.1. The monoisotopic (exact) mass is 282 g/mol. The van der Waals surface area contributed by atoms with Crippen molar-refractivity contribution in [2.75, 3.05) is 19.6 Å². The normalized spacial score (nSPS) is 23.9. The second-order valence-electron chi connectivity index (χ2n) is 7.40. The summed E-state index contributed by atoms with van der Waals surface area (Å²) in [7, 11) is 0. The molecule has 0 bridgehead atoms. The molecule has 1 saturated carbocycles. The van der Waals surface area contributed by atoms with E-state index in [2.05, 4.69) is 18.7 Å². The van der Waals surface area contributed by atoms with Gasteiger partial charge >= 0.3 is 0 Å². The lowest BCUT2D eigenvalue weighted by Crippen LogP contribution is -2.39. The predicted molar refractivity (Wildman–Crippen MR) is 86.4 cm³/mol. The first-order valence-corrected chi connectivity index (χ1v) is 8.37. The first-order valence-electron chi connectivity index (χ1n) is 7.96. The van der Waals surface area contributed by atoms with Crippen LogP contribution in [0.1, 0.15) is 65.2 Å². The minimum absolute atomic E-state index is 0.0256. The molecule has 2 N–H and O–H groups in total. The van der Waals surface area contributed by atoms with E-state index in [4.69, 9.17) is 18.0 Å². The fourth-order valence-corrected chi connectivity index (χ4v) is 3.85. The molecule has 1 spiro atoms. The summed E-state index contributed by atoms with van der Waals surface area (Å²) in [5, 5.41) is 0. The molecule has 1 heterocycles. The van der Waals surface area contributed by atoms with Crippen LogP contribution in [0.25, 0.3) is 0 Å². The van der Waals surface area contributed by atoms with E-state index in [1.165, 1.54) is 64.6 Å². The predicted octanol–water partition coefficient (Wildman–Crippen LogP) is 3.74. The highest BCUT2D eigenvalue weighted by molar-refractivity contribution is 7.80. The molecule has 0 atom stereocenters. The van der Waals surface area contributed by atoms with Gasteiger partial charge in [0.1, 0.15) is 0 Å². The van der Waals surface area contributed by atoms with Crippen molar-refractivity contribution in [3.63, 3.8) is 0 Å². The van der Waals surface area contributed by atoms with Gasteiger partial charge in [0.25, 0.3) is 0 Å². The molecule has 2 nitrogen and oxygen atoms in total. The summed E-state index contributed by atoms with van der Waals surface area (Å²) in [6, 6.07) is 0. The number of nitrogens with two attached hydrogens (primary N) is 1. The van der Waals surface area contributed by atoms with Crippen LogP contribution in [-0.4, -0.2) is 29.5 Å². The number of thiocarbonyl (C=S) groups is 1. The molecule has 1 saturated heterocycles. The van der Waals surface area contributed by atoms with E-state index in [9.17, 15) is 0 Å². The minimum Gasteiger partial charge on any atom is -0.393 e. The molecule has 2 fully saturated rings. The van der Waals surface area contributed by atoms with Crippen molar-refractivity contribution in [2.45, 2.75) is 65.2 Å². The van der Waals surface area contributed by atoms with Crippen LogP contribution in [-0.2, 0) is 0 Å². The quantitative estimate of drug-likeness (QED) is 0.779. The molecular weight excluding hydrogens is 252 g/mol. The molecule has 3 heteroatoms. The molecule has 0 radical (unpaired) electrons. The fourth-order valence-electron chi connectivity index (χ4n) is 3.74. The van der Waals surface area contributed by atoms with Crippen LogP contribution in [0.5, 0.6) is 0 Å². The molecular formula is C16H30N2S. The Balaban J connectivity index is 1.67. The van der Waals surface area contributed by atoms with Gasteiger partial charge in [-0.2, -0.15) is 0 Å². The Bertz CT molecular complexity index is 309. The first-order chi connectivity index (χ1) is 8.94. The van der Waals surface area contributed by atoms with Gasteiger partial charge in [0.05, 0.1) is 4.99 Å². The molecule has 0 aromatic heterocycles. The molecule has 2 rings (SSSR count). The Labute approximate surface area is 124 Å².